The molecule has 0 bridgehead atoms. The summed E-state index contributed by atoms with van der Waals surface area (Å²) in [5, 5.41) is 10.1. The van der Waals surface area contributed by atoms with Gasteiger partial charge in [-0.3, -0.25) is 9.69 Å². The molecule has 112 valence electrons. The highest BCUT2D eigenvalue weighted by Crippen LogP contribution is 2.20. The second-order valence-electron chi connectivity index (χ2n) is 4.94. The van der Waals surface area contributed by atoms with Crippen molar-refractivity contribution in [2.75, 3.05) is 19.7 Å². The number of aliphatic hydroxyl groups excluding tert-OH is 1. The van der Waals surface area contributed by atoms with Gasteiger partial charge in [0.1, 0.15) is 0 Å². The van der Waals surface area contributed by atoms with E-state index in [1.165, 1.54) is 5.56 Å². The van der Waals surface area contributed by atoms with E-state index >= 15 is 0 Å². The zero-order valence-electron chi connectivity index (χ0n) is 11.7. The second kappa shape index (κ2) is 8.25. The summed E-state index contributed by atoms with van der Waals surface area (Å²) in [6, 6.07) is 10.2. The summed E-state index contributed by atoms with van der Waals surface area (Å²) in [4.78, 5) is 13.8. The van der Waals surface area contributed by atoms with Crippen LogP contribution in [0.15, 0.2) is 30.3 Å². The van der Waals surface area contributed by atoms with E-state index in [0.29, 0.717) is 19.6 Å². The molecule has 1 aromatic rings. The van der Waals surface area contributed by atoms with Crippen LogP contribution in [-0.4, -0.2) is 41.8 Å². The first-order valence-corrected chi connectivity index (χ1v) is 6.81. The molecule has 2 rings (SSSR count). The first-order valence-electron chi connectivity index (χ1n) is 6.81. The minimum absolute atomic E-state index is 0. The molecule has 2 unspecified atom stereocenters. The van der Waals surface area contributed by atoms with E-state index in [2.05, 4.69) is 17.0 Å². The molecule has 1 aromatic carbocycles. The van der Waals surface area contributed by atoms with Crippen LogP contribution in [0.5, 0.6) is 0 Å². The number of aliphatic hydroxyl groups is 1. The van der Waals surface area contributed by atoms with Crippen molar-refractivity contribution < 1.29 is 14.6 Å². The van der Waals surface area contributed by atoms with E-state index in [-0.39, 0.29) is 24.3 Å². The van der Waals surface area contributed by atoms with Crippen LogP contribution in [0.1, 0.15) is 18.9 Å². The third kappa shape index (κ3) is 4.47. The lowest BCUT2D eigenvalue weighted by atomic mass is 9.93. The van der Waals surface area contributed by atoms with E-state index in [4.69, 9.17) is 4.74 Å². The summed E-state index contributed by atoms with van der Waals surface area (Å²) >= 11 is 0. The van der Waals surface area contributed by atoms with Gasteiger partial charge in [0.05, 0.1) is 18.6 Å². The minimum atomic E-state index is -0.628. The van der Waals surface area contributed by atoms with Gasteiger partial charge in [-0.2, -0.15) is 0 Å². The number of ether oxygens (including phenoxy) is 1. The SMILES string of the molecule is CCOC(=O)C1CCN(Cc2ccccc2)CC1O.Cl. The van der Waals surface area contributed by atoms with Crippen LogP contribution >= 0.6 is 12.4 Å². The van der Waals surface area contributed by atoms with E-state index in [1.807, 2.05) is 18.2 Å². The zero-order chi connectivity index (χ0) is 13.7. The van der Waals surface area contributed by atoms with Crippen molar-refractivity contribution in [3.63, 3.8) is 0 Å². The highest BCUT2D eigenvalue weighted by molar-refractivity contribution is 5.85. The maximum Gasteiger partial charge on any atom is 0.311 e. The van der Waals surface area contributed by atoms with Crippen molar-refractivity contribution in [2.45, 2.75) is 26.0 Å². The Balaban J connectivity index is 0.00000200. The van der Waals surface area contributed by atoms with Gasteiger partial charge in [0.2, 0.25) is 0 Å². The Bertz CT molecular complexity index is 413. The van der Waals surface area contributed by atoms with Crippen molar-refractivity contribution in [3.8, 4) is 0 Å². The van der Waals surface area contributed by atoms with Crippen LogP contribution < -0.4 is 0 Å². The van der Waals surface area contributed by atoms with Crippen molar-refractivity contribution in [1.82, 2.24) is 4.90 Å². The Kier molecular flexibility index (Phi) is 6.99. The number of likely N-dealkylation sites (tertiary alicyclic amines) is 1. The summed E-state index contributed by atoms with van der Waals surface area (Å²) < 4.78 is 4.99. The molecule has 0 aromatic heterocycles. The second-order valence-corrected chi connectivity index (χ2v) is 4.94. The minimum Gasteiger partial charge on any atom is -0.466 e. The predicted molar refractivity (Wildman–Crippen MR) is 79.7 cm³/mol. The molecule has 0 amide bonds. The third-order valence-corrected chi connectivity index (χ3v) is 3.50. The molecule has 0 radical (unpaired) electrons. The highest BCUT2D eigenvalue weighted by Gasteiger charge is 2.33. The van der Waals surface area contributed by atoms with E-state index in [9.17, 15) is 9.90 Å². The van der Waals surface area contributed by atoms with E-state index in [1.54, 1.807) is 6.92 Å². The largest absolute Gasteiger partial charge is 0.466 e. The van der Waals surface area contributed by atoms with Gasteiger partial charge in [-0.05, 0) is 25.5 Å². The number of nitrogens with zero attached hydrogens (tertiary/aromatic N) is 1. The van der Waals surface area contributed by atoms with Gasteiger partial charge in [-0.1, -0.05) is 30.3 Å². The van der Waals surface area contributed by atoms with Crippen LogP contribution in [0.3, 0.4) is 0 Å². The van der Waals surface area contributed by atoms with Gasteiger partial charge in [0.25, 0.3) is 0 Å². The van der Waals surface area contributed by atoms with Crippen molar-refractivity contribution in [2.24, 2.45) is 5.92 Å². The van der Waals surface area contributed by atoms with Crippen LogP contribution in [0.25, 0.3) is 0 Å². The average molecular weight is 300 g/mol. The maximum absolute atomic E-state index is 11.7. The molecular weight excluding hydrogens is 278 g/mol. The quantitative estimate of drug-likeness (QED) is 0.862. The van der Waals surface area contributed by atoms with Gasteiger partial charge < -0.3 is 9.84 Å². The number of esters is 1. The molecule has 1 fully saturated rings. The van der Waals surface area contributed by atoms with Crippen molar-refractivity contribution in [1.29, 1.82) is 0 Å². The molecular formula is C15H22ClNO3. The molecule has 0 saturated carbocycles. The number of benzene rings is 1. The maximum atomic E-state index is 11.7. The standard InChI is InChI=1S/C15H21NO3.ClH/c1-2-19-15(18)13-8-9-16(11-14(13)17)10-12-6-4-3-5-7-12;/h3-7,13-14,17H,2,8-11H2,1H3;1H. The first-order chi connectivity index (χ1) is 9.20. The number of halogens is 1. The van der Waals surface area contributed by atoms with E-state index < -0.39 is 6.10 Å². The molecule has 0 spiro atoms. The molecule has 4 nitrogen and oxygen atoms in total. The summed E-state index contributed by atoms with van der Waals surface area (Å²) in [5.41, 5.74) is 1.23. The molecule has 2 atom stereocenters. The van der Waals surface area contributed by atoms with Gasteiger partial charge in [0, 0.05) is 13.1 Å². The zero-order valence-corrected chi connectivity index (χ0v) is 12.5. The fourth-order valence-corrected chi connectivity index (χ4v) is 2.51. The van der Waals surface area contributed by atoms with Crippen LogP contribution in [0, 0.1) is 5.92 Å². The average Bonchev–Trinajstić information content (AvgIpc) is 2.40. The monoisotopic (exact) mass is 299 g/mol. The number of hydrogen-bond acceptors (Lipinski definition) is 4. The van der Waals surface area contributed by atoms with Crippen LogP contribution in [0.4, 0.5) is 0 Å². The van der Waals surface area contributed by atoms with Crippen LogP contribution in [0.2, 0.25) is 0 Å². The van der Waals surface area contributed by atoms with Crippen LogP contribution in [-0.2, 0) is 16.1 Å². The number of hydrogen-bond donors (Lipinski definition) is 1. The fraction of sp³-hybridized carbons (Fsp3) is 0.533. The van der Waals surface area contributed by atoms with Crippen molar-refractivity contribution >= 4 is 18.4 Å². The molecule has 5 heteroatoms. The topological polar surface area (TPSA) is 49.8 Å². The highest BCUT2D eigenvalue weighted by atomic mass is 35.5. The molecule has 0 aliphatic carbocycles. The Labute approximate surface area is 126 Å². The number of carbonyl (C=O) groups is 1. The predicted octanol–water partition coefficient (Wildman–Crippen LogP) is 1.85. The number of rotatable bonds is 4. The van der Waals surface area contributed by atoms with Gasteiger partial charge in [-0.15, -0.1) is 12.4 Å². The third-order valence-electron chi connectivity index (χ3n) is 3.50. The van der Waals surface area contributed by atoms with Gasteiger partial charge in [-0.25, -0.2) is 0 Å². The molecule has 20 heavy (non-hydrogen) atoms. The number of piperidine rings is 1. The summed E-state index contributed by atoms with van der Waals surface area (Å²) in [5.74, 6) is -0.638. The van der Waals surface area contributed by atoms with Crippen molar-refractivity contribution in [3.05, 3.63) is 35.9 Å². The lowest BCUT2D eigenvalue weighted by Gasteiger charge is -2.34. The Morgan fingerprint density at radius 3 is 2.70 bits per heavy atom. The smallest absolute Gasteiger partial charge is 0.311 e. The molecule has 1 N–H and O–H groups in total. The Hall–Kier alpha value is -1.10. The van der Waals surface area contributed by atoms with Gasteiger partial charge in [0.15, 0.2) is 0 Å². The summed E-state index contributed by atoms with van der Waals surface area (Å²) in [7, 11) is 0. The fourth-order valence-electron chi connectivity index (χ4n) is 2.51. The Morgan fingerprint density at radius 2 is 2.10 bits per heavy atom. The lowest BCUT2D eigenvalue weighted by Crippen LogP contribution is -2.46. The lowest BCUT2D eigenvalue weighted by molar-refractivity contribution is -0.155. The summed E-state index contributed by atoms with van der Waals surface area (Å²) in [6.45, 7) is 4.31. The molecule has 1 saturated heterocycles. The van der Waals surface area contributed by atoms with Gasteiger partial charge >= 0.3 is 5.97 Å². The molecule has 1 heterocycles. The number of β-amino-alcohol motifs (C(OH)–C–C–N with tert-alkyl or cyclic N) is 1. The molecule has 1 aliphatic rings. The van der Waals surface area contributed by atoms with E-state index in [0.717, 1.165) is 13.1 Å². The summed E-state index contributed by atoms with van der Waals surface area (Å²) in [6.07, 6.45) is 0.0313. The number of carbonyl (C=O) groups excluding carboxylic acids is 1. The first kappa shape index (κ1) is 17.0. The molecule has 1 aliphatic heterocycles. The normalized spacial score (nSPS) is 22.9. The Morgan fingerprint density at radius 1 is 1.40 bits per heavy atom.